The fraction of sp³-hybridized carbons (Fsp3) is 0.231. The first-order valence-corrected chi connectivity index (χ1v) is 5.60. The first kappa shape index (κ1) is 11.5. The number of aromatic nitrogens is 2. The van der Waals surface area contributed by atoms with E-state index in [1.165, 1.54) is 0 Å². The molecule has 17 heavy (non-hydrogen) atoms. The number of nitrogens with two attached hydrogens (primary N) is 2. The van der Waals surface area contributed by atoms with Gasteiger partial charge in [-0.15, -0.1) is 0 Å². The maximum absolute atomic E-state index is 6.08. The summed E-state index contributed by atoms with van der Waals surface area (Å²) in [5.74, 6) is 0.559. The highest BCUT2D eigenvalue weighted by Crippen LogP contribution is 2.10. The monoisotopic (exact) mass is 228 g/mol. The summed E-state index contributed by atoms with van der Waals surface area (Å²) in [6.07, 6.45) is 4.93. The molecule has 88 valence electrons. The number of hydrogen-bond acceptors (Lipinski definition) is 4. The first-order valence-electron chi connectivity index (χ1n) is 5.60. The van der Waals surface area contributed by atoms with Crippen LogP contribution in [0.2, 0.25) is 0 Å². The van der Waals surface area contributed by atoms with E-state index < -0.39 is 0 Å². The number of nitrogen functional groups attached to an aromatic ring is 1. The van der Waals surface area contributed by atoms with Crippen molar-refractivity contribution in [1.82, 2.24) is 9.97 Å². The molecule has 1 atom stereocenters. The van der Waals surface area contributed by atoms with Crippen molar-refractivity contribution in [2.45, 2.75) is 18.9 Å². The Balaban J connectivity index is 1.98. The summed E-state index contributed by atoms with van der Waals surface area (Å²) in [7, 11) is 0. The lowest BCUT2D eigenvalue weighted by atomic mass is 10.0. The van der Waals surface area contributed by atoms with Crippen LogP contribution in [0.5, 0.6) is 0 Å². The maximum Gasteiger partial charge on any atom is 0.126 e. The van der Waals surface area contributed by atoms with Gasteiger partial charge in [0.25, 0.3) is 0 Å². The van der Waals surface area contributed by atoms with Gasteiger partial charge in [-0.3, -0.25) is 4.98 Å². The van der Waals surface area contributed by atoms with Crippen molar-refractivity contribution in [3.63, 3.8) is 0 Å². The Hall–Kier alpha value is -1.94. The van der Waals surface area contributed by atoms with Gasteiger partial charge in [-0.2, -0.15) is 0 Å². The lowest BCUT2D eigenvalue weighted by Gasteiger charge is -2.12. The van der Waals surface area contributed by atoms with Gasteiger partial charge in [-0.1, -0.05) is 12.1 Å². The zero-order valence-electron chi connectivity index (χ0n) is 9.58. The van der Waals surface area contributed by atoms with E-state index in [-0.39, 0.29) is 6.04 Å². The molecule has 0 aliphatic rings. The topological polar surface area (TPSA) is 77.8 Å². The number of hydrogen-bond donors (Lipinski definition) is 2. The third kappa shape index (κ3) is 3.26. The van der Waals surface area contributed by atoms with E-state index in [1.54, 1.807) is 12.4 Å². The Morgan fingerprint density at radius 3 is 2.53 bits per heavy atom. The highest BCUT2D eigenvalue weighted by molar-refractivity contribution is 5.38. The summed E-state index contributed by atoms with van der Waals surface area (Å²) < 4.78 is 0. The molecular formula is C13H16N4. The van der Waals surface area contributed by atoms with Crippen LogP contribution in [0.25, 0.3) is 0 Å². The SMILES string of the molecule is Nc1ncccc1CC(N)Cc1ccccn1. The molecule has 4 nitrogen and oxygen atoms in total. The van der Waals surface area contributed by atoms with Crippen LogP contribution >= 0.6 is 0 Å². The van der Waals surface area contributed by atoms with Crippen molar-refractivity contribution in [2.24, 2.45) is 5.73 Å². The first-order chi connectivity index (χ1) is 8.25. The van der Waals surface area contributed by atoms with Crippen LogP contribution in [0, 0.1) is 0 Å². The number of pyridine rings is 2. The van der Waals surface area contributed by atoms with Crippen molar-refractivity contribution >= 4 is 5.82 Å². The highest BCUT2D eigenvalue weighted by Gasteiger charge is 2.08. The van der Waals surface area contributed by atoms with Crippen molar-refractivity contribution < 1.29 is 0 Å². The molecule has 2 heterocycles. The predicted molar refractivity (Wildman–Crippen MR) is 68.3 cm³/mol. The Morgan fingerprint density at radius 2 is 1.82 bits per heavy atom. The van der Waals surface area contributed by atoms with Gasteiger partial charge >= 0.3 is 0 Å². The van der Waals surface area contributed by atoms with Crippen molar-refractivity contribution in [1.29, 1.82) is 0 Å². The average Bonchev–Trinajstić information content (AvgIpc) is 2.33. The molecule has 0 aliphatic carbocycles. The number of anilines is 1. The van der Waals surface area contributed by atoms with E-state index in [0.717, 1.165) is 24.1 Å². The van der Waals surface area contributed by atoms with Gasteiger partial charge in [-0.05, 0) is 30.2 Å². The molecule has 0 bridgehead atoms. The number of nitrogens with zero attached hydrogens (tertiary/aromatic N) is 2. The van der Waals surface area contributed by atoms with Crippen LogP contribution < -0.4 is 11.5 Å². The summed E-state index contributed by atoms with van der Waals surface area (Å²) in [6, 6.07) is 9.69. The van der Waals surface area contributed by atoms with E-state index in [9.17, 15) is 0 Å². The standard InChI is InChI=1S/C13H16N4/c14-11(9-12-5-1-2-6-16-12)8-10-4-3-7-17-13(10)15/h1-7,11H,8-9,14H2,(H2,15,17). The Kier molecular flexibility index (Phi) is 3.67. The molecule has 0 saturated carbocycles. The third-order valence-electron chi connectivity index (χ3n) is 2.61. The molecule has 0 amide bonds. The van der Waals surface area contributed by atoms with E-state index in [4.69, 9.17) is 11.5 Å². The molecular weight excluding hydrogens is 212 g/mol. The van der Waals surface area contributed by atoms with Crippen LogP contribution in [0.4, 0.5) is 5.82 Å². The zero-order valence-corrected chi connectivity index (χ0v) is 9.58. The van der Waals surface area contributed by atoms with Crippen molar-refractivity contribution in [3.05, 3.63) is 54.0 Å². The van der Waals surface area contributed by atoms with Gasteiger partial charge in [0.2, 0.25) is 0 Å². The summed E-state index contributed by atoms with van der Waals surface area (Å²) in [6.45, 7) is 0. The van der Waals surface area contributed by atoms with E-state index in [0.29, 0.717) is 5.82 Å². The van der Waals surface area contributed by atoms with Gasteiger partial charge in [0.05, 0.1) is 0 Å². The summed E-state index contributed by atoms with van der Waals surface area (Å²) in [5, 5.41) is 0. The van der Waals surface area contributed by atoms with Crippen LogP contribution in [-0.4, -0.2) is 16.0 Å². The minimum absolute atomic E-state index is 0.0106. The second-order valence-corrected chi connectivity index (χ2v) is 4.04. The quantitative estimate of drug-likeness (QED) is 0.823. The molecule has 0 saturated heterocycles. The summed E-state index contributed by atoms with van der Waals surface area (Å²) in [5.41, 5.74) is 13.9. The molecule has 2 aromatic heterocycles. The predicted octanol–water partition coefficient (Wildman–Crippen LogP) is 1.17. The molecule has 4 heteroatoms. The minimum Gasteiger partial charge on any atom is -0.383 e. The zero-order chi connectivity index (χ0) is 12.1. The van der Waals surface area contributed by atoms with E-state index in [1.807, 2.05) is 30.3 Å². The summed E-state index contributed by atoms with van der Waals surface area (Å²) in [4.78, 5) is 8.30. The molecule has 0 aliphatic heterocycles. The Labute approximate surface area is 101 Å². The summed E-state index contributed by atoms with van der Waals surface area (Å²) >= 11 is 0. The molecule has 0 aromatic carbocycles. The van der Waals surface area contributed by atoms with Crippen LogP contribution in [0.1, 0.15) is 11.3 Å². The minimum atomic E-state index is 0.0106. The molecule has 0 spiro atoms. The fourth-order valence-corrected chi connectivity index (χ4v) is 1.77. The van der Waals surface area contributed by atoms with Crippen LogP contribution in [0.3, 0.4) is 0 Å². The van der Waals surface area contributed by atoms with Gasteiger partial charge < -0.3 is 11.5 Å². The normalized spacial score (nSPS) is 12.3. The molecule has 0 radical (unpaired) electrons. The smallest absolute Gasteiger partial charge is 0.126 e. The molecule has 1 unspecified atom stereocenters. The van der Waals surface area contributed by atoms with Gasteiger partial charge in [0.1, 0.15) is 5.82 Å². The van der Waals surface area contributed by atoms with E-state index in [2.05, 4.69) is 9.97 Å². The Bertz CT molecular complexity index is 470. The number of rotatable bonds is 4. The second kappa shape index (κ2) is 5.41. The largest absolute Gasteiger partial charge is 0.383 e. The van der Waals surface area contributed by atoms with Gasteiger partial charge in [0, 0.05) is 30.6 Å². The van der Waals surface area contributed by atoms with Gasteiger partial charge in [0.15, 0.2) is 0 Å². The molecule has 0 fully saturated rings. The van der Waals surface area contributed by atoms with Crippen LogP contribution in [0.15, 0.2) is 42.7 Å². The maximum atomic E-state index is 6.08. The molecule has 2 rings (SSSR count). The van der Waals surface area contributed by atoms with Gasteiger partial charge in [-0.25, -0.2) is 4.98 Å². The van der Waals surface area contributed by atoms with E-state index >= 15 is 0 Å². The second-order valence-electron chi connectivity index (χ2n) is 4.04. The van der Waals surface area contributed by atoms with Crippen molar-refractivity contribution in [3.8, 4) is 0 Å². The van der Waals surface area contributed by atoms with Crippen LogP contribution in [-0.2, 0) is 12.8 Å². The molecule has 4 N–H and O–H groups in total. The highest BCUT2D eigenvalue weighted by atomic mass is 14.8. The molecule has 2 aromatic rings. The Morgan fingerprint density at radius 1 is 1.00 bits per heavy atom. The average molecular weight is 228 g/mol. The lowest BCUT2D eigenvalue weighted by Crippen LogP contribution is -2.26. The van der Waals surface area contributed by atoms with Crippen molar-refractivity contribution in [2.75, 3.05) is 5.73 Å². The third-order valence-corrected chi connectivity index (χ3v) is 2.61. The fourth-order valence-electron chi connectivity index (χ4n) is 1.77. The lowest BCUT2D eigenvalue weighted by molar-refractivity contribution is 0.654.